The number of rotatable bonds is 9. The zero-order chi connectivity index (χ0) is 15.7. The quantitative estimate of drug-likeness (QED) is 0.664. The van der Waals surface area contributed by atoms with E-state index >= 15 is 0 Å². The Morgan fingerprint density at radius 2 is 2.10 bits per heavy atom. The first-order valence-corrected chi connectivity index (χ1v) is 7.05. The molecule has 0 aliphatic rings. The van der Waals surface area contributed by atoms with Crippen LogP contribution in [0.15, 0.2) is 18.2 Å². The van der Waals surface area contributed by atoms with Crippen LogP contribution in [-0.4, -0.2) is 57.8 Å². The third-order valence-corrected chi connectivity index (χ3v) is 2.96. The van der Waals surface area contributed by atoms with Crippen LogP contribution in [0.1, 0.15) is 17.3 Å². The van der Waals surface area contributed by atoms with Gasteiger partial charge in [0.1, 0.15) is 5.75 Å². The van der Waals surface area contributed by atoms with Crippen molar-refractivity contribution < 1.29 is 14.3 Å². The van der Waals surface area contributed by atoms with Crippen LogP contribution >= 0.6 is 0 Å². The molecule has 6 nitrogen and oxygen atoms in total. The molecule has 0 heterocycles. The molecule has 0 fully saturated rings. The van der Waals surface area contributed by atoms with Crippen molar-refractivity contribution in [2.75, 3.05) is 52.7 Å². The van der Waals surface area contributed by atoms with Crippen molar-refractivity contribution >= 4 is 11.6 Å². The van der Waals surface area contributed by atoms with Gasteiger partial charge in [-0.05, 0) is 26.1 Å². The van der Waals surface area contributed by atoms with Crippen molar-refractivity contribution in [3.63, 3.8) is 0 Å². The number of nitrogens with one attached hydrogen (secondary N) is 1. The molecule has 0 aromatic heterocycles. The summed E-state index contributed by atoms with van der Waals surface area (Å²) >= 11 is 0. The van der Waals surface area contributed by atoms with E-state index in [2.05, 4.69) is 10.2 Å². The molecule has 6 heteroatoms. The van der Waals surface area contributed by atoms with Gasteiger partial charge < -0.3 is 25.4 Å². The summed E-state index contributed by atoms with van der Waals surface area (Å²) in [5, 5.41) is 2.87. The number of benzene rings is 1. The highest BCUT2D eigenvalue weighted by atomic mass is 16.5. The Hall–Kier alpha value is -1.79. The van der Waals surface area contributed by atoms with E-state index in [1.54, 1.807) is 25.3 Å². The molecular formula is C15H25N3O3. The molecule has 0 saturated heterocycles. The third-order valence-electron chi connectivity index (χ3n) is 2.96. The number of anilines is 1. The van der Waals surface area contributed by atoms with Crippen LogP contribution < -0.4 is 15.8 Å². The van der Waals surface area contributed by atoms with Crippen LogP contribution in [0.2, 0.25) is 0 Å². The third kappa shape index (κ3) is 6.46. The summed E-state index contributed by atoms with van der Waals surface area (Å²) in [6, 6.07) is 5.05. The number of hydrogen-bond donors (Lipinski definition) is 2. The molecule has 0 radical (unpaired) electrons. The topological polar surface area (TPSA) is 76.8 Å². The summed E-state index contributed by atoms with van der Waals surface area (Å²) in [4.78, 5) is 14.2. The van der Waals surface area contributed by atoms with E-state index in [4.69, 9.17) is 15.2 Å². The minimum absolute atomic E-state index is 0.150. The zero-order valence-corrected chi connectivity index (χ0v) is 13.0. The van der Waals surface area contributed by atoms with Gasteiger partial charge in [-0.1, -0.05) is 0 Å². The number of carbonyl (C=O) groups excluding carboxylic acids is 1. The van der Waals surface area contributed by atoms with Crippen molar-refractivity contribution in [1.82, 2.24) is 10.2 Å². The Balaban J connectivity index is 2.48. The van der Waals surface area contributed by atoms with Crippen molar-refractivity contribution in [1.29, 1.82) is 0 Å². The summed E-state index contributed by atoms with van der Waals surface area (Å²) in [5.74, 6) is 0.461. The molecule has 3 N–H and O–H groups in total. The number of methoxy groups -OCH3 is 1. The molecule has 0 unspecified atom stereocenters. The Morgan fingerprint density at radius 1 is 1.33 bits per heavy atom. The maximum atomic E-state index is 12.1. The first-order chi connectivity index (χ1) is 10.1. The van der Waals surface area contributed by atoms with E-state index < -0.39 is 0 Å². The molecule has 0 atom stereocenters. The molecule has 1 amide bonds. The number of carbonyl (C=O) groups is 1. The summed E-state index contributed by atoms with van der Waals surface area (Å²) in [7, 11) is 3.66. The smallest absolute Gasteiger partial charge is 0.251 e. The molecule has 0 bridgehead atoms. The molecule has 21 heavy (non-hydrogen) atoms. The summed E-state index contributed by atoms with van der Waals surface area (Å²) in [5.41, 5.74) is 6.81. The van der Waals surface area contributed by atoms with Crippen LogP contribution in [0, 0.1) is 0 Å². The second-order valence-electron chi connectivity index (χ2n) is 4.78. The second kappa shape index (κ2) is 9.20. The molecule has 118 valence electrons. The normalized spacial score (nSPS) is 10.7. The number of amides is 1. The van der Waals surface area contributed by atoms with Crippen LogP contribution in [0.5, 0.6) is 5.75 Å². The predicted molar refractivity (Wildman–Crippen MR) is 83.7 cm³/mol. The molecule has 1 rings (SSSR count). The molecular weight excluding hydrogens is 270 g/mol. The average Bonchev–Trinajstić information content (AvgIpc) is 2.44. The fraction of sp³-hybridized carbons (Fsp3) is 0.533. The van der Waals surface area contributed by atoms with Crippen molar-refractivity contribution in [2.24, 2.45) is 0 Å². The van der Waals surface area contributed by atoms with E-state index in [0.717, 1.165) is 13.1 Å². The van der Waals surface area contributed by atoms with E-state index in [-0.39, 0.29) is 5.91 Å². The van der Waals surface area contributed by atoms with Crippen molar-refractivity contribution in [3.8, 4) is 5.75 Å². The number of nitrogens with zero attached hydrogens (tertiary/aromatic N) is 1. The average molecular weight is 295 g/mol. The lowest BCUT2D eigenvalue weighted by Crippen LogP contribution is -2.34. The number of nitrogen functional groups attached to an aromatic ring is 1. The monoisotopic (exact) mass is 295 g/mol. The number of hydrogen-bond acceptors (Lipinski definition) is 5. The summed E-state index contributed by atoms with van der Waals surface area (Å²) in [6.07, 6.45) is 0. The fourth-order valence-corrected chi connectivity index (χ4v) is 1.82. The van der Waals surface area contributed by atoms with Crippen LogP contribution in [-0.2, 0) is 4.74 Å². The number of ether oxygens (including phenoxy) is 2. The van der Waals surface area contributed by atoms with Gasteiger partial charge in [-0.15, -0.1) is 0 Å². The predicted octanol–water partition coefficient (Wildman–Crippen LogP) is 0.976. The van der Waals surface area contributed by atoms with Crippen LogP contribution in [0.4, 0.5) is 5.69 Å². The fourth-order valence-electron chi connectivity index (χ4n) is 1.82. The molecule has 0 saturated carbocycles. The van der Waals surface area contributed by atoms with Crippen LogP contribution in [0.25, 0.3) is 0 Å². The van der Waals surface area contributed by atoms with E-state index in [0.29, 0.717) is 36.8 Å². The zero-order valence-electron chi connectivity index (χ0n) is 13.0. The Morgan fingerprint density at radius 3 is 2.76 bits per heavy atom. The summed E-state index contributed by atoms with van der Waals surface area (Å²) < 4.78 is 10.4. The van der Waals surface area contributed by atoms with E-state index in [1.165, 1.54) is 0 Å². The lowest BCUT2D eigenvalue weighted by Gasteiger charge is -2.16. The van der Waals surface area contributed by atoms with E-state index in [9.17, 15) is 4.79 Å². The molecule has 1 aromatic carbocycles. The van der Waals surface area contributed by atoms with Gasteiger partial charge in [-0.25, -0.2) is 0 Å². The highest BCUT2D eigenvalue weighted by molar-refractivity contribution is 5.95. The van der Waals surface area contributed by atoms with Gasteiger partial charge >= 0.3 is 0 Å². The first-order valence-electron chi connectivity index (χ1n) is 7.05. The SMILES string of the molecule is CCOc1cc(N)cc(C(=O)NCCN(C)CCOC)c1. The Bertz CT molecular complexity index is 452. The highest BCUT2D eigenvalue weighted by Crippen LogP contribution is 2.18. The van der Waals surface area contributed by atoms with Crippen LogP contribution in [0.3, 0.4) is 0 Å². The van der Waals surface area contributed by atoms with Gasteiger partial charge in [0.15, 0.2) is 0 Å². The van der Waals surface area contributed by atoms with Gasteiger partial charge in [-0.2, -0.15) is 0 Å². The van der Waals surface area contributed by atoms with Gasteiger partial charge in [0.05, 0.1) is 13.2 Å². The Kier molecular flexibility index (Phi) is 7.56. The first kappa shape index (κ1) is 17.3. The second-order valence-corrected chi connectivity index (χ2v) is 4.78. The van der Waals surface area contributed by atoms with Gasteiger partial charge in [-0.3, -0.25) is 4.79 Å². The maximum Gasteiger partial charge on any atom is 0.251 e. The van der Waals surface area contributed by atoms with Gasteiger partial charge in [0.2, 0.25) is 0 Å². The van der Waals surface area contributed by atoms with Gasteiger partial charge in [0.25, 0.3) is 5.91 Å². The lowest BCUT2D eigenvalue weighted by atomic mass is 10.1. The van der Waals surface area contributed by atoms with Gasteiger partial charge in [0, 0.05) is 44.1 Å². The summed E-state index contributed by atoms with van der Waals surface area (Å²) in [6.45, 7) is 5.26. The maximum absolute atomic E-state index is 12.1. The highest BCUT2D eigenvalue weighted by Gasteiger charge is 2.08. The van der Waals surface area contributed by atoms with Crippen molar-refractivity contribution in [3.05, 3.63) is 23.8 Å². The molecule has 0 aliphatic carbocycles. The minimum atomic E-state index is -0.150. The standard InChI is InChI=1S/C15H25N3O3/c1-4-21-14-10-12(9-13(16)11-14)15(19)17-5-6-18(2)7-8-20-3/h9-11H,4-8,16H2,1-3H3,(H,17,19). The number of nitrogens with two attached hydrogens (primary N) is 1. The molecule has 0 spiro atoms. The minimum Gasteiger partial charge on any atom is -0.494 e. The molecule has 1 aromatic rings. The largest absolute Gasteiger partial charge is 0.494 e. The lowest BCUT2D eigenvalue weighted by molar-refractivity contribution is 0.0947. The Labute approximate surface area is 126 Å². The molecule has 0 aliphatic heterocycles. The van der Waals surface area contributed by atoms with E-state index in [1.807, 2.05) is 14.0 Å². The van der Waals surface area contributed by atoms with Crippen molar-refractivity contribution in [2.45, 2.75) is 6.92 Å². The number of likely N-dealkylation sites (N-methyl/N-ethyl adjacent to an activating group) is 1.